The molecule has 0 aliphatic rings. The van der Waals surface area contributed by atoms with Crippen molar-refractivity contribution < 1.29 is 30.0 Å². The Bertz CT molecular complexity index is 693. The van der Waals surface area contributed by atoms with Crippen molar-refractivity contribution in [2.24, 2.45) is 0 Å². The molecule has 0 bridgehead atoms. The van der Waals surface area contributed by atoms with E-state index in [4.69, 9.17) is 0 Å². The van der Waals surface area contributed by atoms with E-state index in [1.54, 1.807) is 4.72 Å². The van der Waals surface area contributed by atoms with E-state index in [2.05, 4.69) is 0 Å². The molecule has 10 heteroatoms. The molecule has 0 radical (unpaired) electrons. The summed E-state index contributed by atoms with van der Waals surface area (Å²) >= 11 is 0. The molecular weight excluding hydrogens is 307 g/mol. The summed E-state index contributed by atoms with van der Waals surface area (Å²) in [5.74, 6) is 0. The van der Waals surface area contributed by atoms with Gasteiger partial charge in [-0.3, -0.25) is 4.72 Å². The number of halogens is 3. The standard InChI is InChI=1S/C9H10F3NO4S2/c1-18(14,15)6-3-4-8(13-19(2,16)17)7(5-6)9(10,11)12/h3-5,13H,1-2H3. The highest BCUT2D eigenvalue weighted by Crippen LogP contribution is 2.36. The van der Waals surface area contributed by atoms with Gasteiger partial charge in [0, 0.05) is 6.26 Å². The first-order chi connectivity index (χ1) is 8.31. The molecule has 0 atom stereocenters. The molecular formula is C9H10F3NO4S2. The number of hydrogen-bond acceptors (Lipinski definition) is 4. The third-order valence-corrected chi connectivity index (χ3v) is 3.72. The quantitative estimate of drug-likeness (QED) is 0.915. The van der Waals surface area contributed by atoms with Crippen LogP contribution in [0.1, 0.15) is 5.56 Å². The van der Waals surface area contributed by atoms with Crippen molar-refractivity contribution in [2.75, 3.05) is 17.2 Å². The van der Waals surface area contributed by atoms with Gasteiger partial charge in [-0.2, -0.15) is 13.2 Å². The number of sulfonamides is 1. The first kappa shape index (κ1) is 15.8. The molecule has 0 aliphatic heterocycles. The summed E-state index contributed by atoms with van der Waals surface area (Å²) in [7, 11) is -7.73. The van der Waals surface area contributed by atoms with Gasteiger partial charge in [-0.05, 0) is 18.2 Å². The van der Waals surface area contributed by atoms with Crippen molar-refractivity contribution in [3.8, 4) is 0 Å². The van der Waals surface area contributed by atoms with Crippen molar-refractivity contribution in [3.63, 3.8) is 0 Å². The lowest BCUT2D eigenvalue weighted by Gasteiger charge is -2.14. The van der Waals surface area contributed by atoms with Gasteiger partial charge >= 0.3 is 6.18 Å². The maximum absolute atomic E-state index is 12.8. The van der Waals surface area contributed by atoms with Gasteiger partial charge in [0.05, 0.1) is 22.4 Å². The highest BCUT2D eigenvalue weighted by atomic mass is 32.2. The molecule has 1 rings (SSSR count). The lowest BCUT2D eigenvalue weighted by Crippen LogP contribution is -2.16. The van der Waals surface area contributed by atoms with Crippen LogP contribution < -0.4 is 4.72 Å². The molecule has 1 aromatic rings. The Balaban J connectivity index is 3.51. The number of nitrogens with one attached hydrogen (secondary N) is 1. The minimum Gasteiger partial charge on any atom is -0.283 e. The van der Waals surface area contributed by atoms with E-state index in [0.717, 1.165) is 18.4 Å². The van der Waals surface area contributed by atoms with Crippen LogP contribution in [0.4, 0.5) is 18.9 Å². The zero-order valence-electron chi connectivity index (χ0n) is 9.82. The maximum atomic E-state index is 12.8. The van der Waals surface area contributed by atoms with Gasteiger partial charge in [-0.15, -0.1) is 0 Å². The molecule has 19 heavy (non-hydrogen) atoms. The molecule has 0 saturated carbocycles. The summed E-state index contributed by atoms with van der Waals surface area (Å²) < 4.78 is 84.3. The van der Waals surface area contributed by atoms with Gasteiger partial charge in [0.15, 0.2) is 9.84 Å². The zero-order valence-corrected chi connectivity index (χ0v) is 11.4. The number of benzene rings is 1. The van der Waals surface area contributed by atoms with Crippen molar-refractivity contribution in [1.29, 1.82) is 0 Å². The monoisotopic (exact) mass is 317 g/mol. The number of sulfone groups is 1. The van der Waals surface area contributed by atoms with Crippen molar-refractivity contribution in [1.82, 2.24) is 0 Å². The largest absolute Gasteiger partial charge is 0.418 e. The van der Waals surface area contributed by atoms with Crippen LogP contribution in [0.25, 0.3) is 0 Å². The number of hydrogen-bond donors (Lipinski definition) is 1. The van der Waals surface area contributed by atoms with Crippen LogP contribution in [0.3, 0.4) is 0 Å². The fourth-order valence-corrected chi connectivity index (χ4v) is 2.50. The van der Waals surface area contributed by atoms with Crippen LogP contribution >= 0.6 is 0 Å². The van der Waals surface area contributed by atoms with E-state index in [1.807, 2.05) is 0 Å². The number of rotatable bonds is 3. The van der Waals surface area contributed by atoms with E-state index in [9.17, 15) is 30.0 Å². The second kappa shape index (κ2) is 4.67. The minimum absolute atomic E-state index is 0.392. The molecule has 108 valence electrons. The molecule has 1 aromatic carbocycles. The highest BCUT2D eigenvalue weighted by Gasteiger charge is 2.35. The van der Waals surface area contributed by atoms with Crippen LogP contribution in [0.15, 0.2) is 23.1 Å². The Morgan fingerprint density at radius 1 is 1.05 bits per heavy atom. The lowest BCUT2D eigenvalue weighted by atomic mass is 10.2. The predicted molar refractivity (Wildman–Crippen MR) is 63.0 cm³/mol. The van der Waals surface area contributed by atoms with E-state index in [0.29, 0.717) is 12.3 Å². The topological polar surface area (TPSA) is 80.3 Å². The number of alkyl halides is 3. The van der Waals surface area contributed by atoms with Crippen molar-refractivity contribution in [2.45, 2.75) is 11.1 Å². The fourth-order valence-electron chi connectivity index (χ4n) is 1.28. The van der Waals surface area contributed by atoms with Gasteiger partial charge in [-0.25, -0.2) is 16.8 Å². The van der Waals surface area contributed by atoms with Crippen molar-refractivity contribution in [3.05, 3.63) is 23.8 Å². The smallest absolute Gasteiger partial charge is 0.283 e. The highest BCUT2D eigenvalue weighted by molar-refractivity contribution is 7.92. The molecule has 0 aliphatic carbocycles. The third kappa shape index (κ3) is 4.39. The summed E-state index contributed by atoms with van der Waals surface area (Å²) in [5, 5.41) is 0. The second-order valence-corrected chi connectivity index (χ2v) is 7.62. The molecule has 0 spiro atoms. The molecule has 0 heterocycles. The lowest BCUT2D eigenvalue weighted by molar-refractivity contribution is -0.137. The van der Waals surface area contributed by atoms with Gasteiger partial charge in [-0.1, -0.05) is 0 Å². The SMILES string of the molecule is CS(=O)(=O)Nc1ccc(S(C)(=O)=O)cc1C(F)(F)F. The average molecular weight is 317 g/mol. The third-order valence-electron chi connectivity index (χ3n) is 2.02. The molecule has 0 amide bonds. The van der Waals surface area contributed by atoms with E-state index >= 15 is 0 Å². The van der Waals surface area contributed by atoms with E-state index in [-0.39, 0.29) is 0 Å². The first-order valence-electron chi connectivity index (χ1n) is 4.70. The van der Waals surface area contributed by atoms with Gasteiger partial charge in [0.1, 0.15) is 0 Å². The van der Waals surface area contributed by atoms with Crippen LogP contribution in [0.5, 0.6) is 0 Å². The Morgan fingerprint density at radius 2 is 1.58 bits per heavy atom. The van der Waals surface area contributed by atoms with E-state index < -0.39 is 42.2 Å². The molecule has 0 saturated heterocycles. The van der Waals surface area contributed by atoms with Crippen LogP contribution in [-0.2, 0) is 26.0 Å². The Kier molecular flexibility index (Phi) is 3.88. The summed E-state index contributed by atoms with van der Waals surface area (Å²) in [5.41, 5.74) is -2.08. The Labute approximate surface area is 108 Å². The Hall–Kier alpha value is -1.29. The van der Waals surface area contributed by atoms with Crippen LogP contribution in [0.2, 0.25) is 0 Å². The van der Waals surface area contributed by atoms with Crippen LogP contribution in [0, 0.1) is 0 Å². The molecule has 1 N–H and O–H groups in total. The second-order valence-electron chi connectivity index (χ2n) is 3.85. The molecule has 0 unspecified atom stereocenters. The van der Waals surface area contributed by atoms with Gasteiger partial charge in [0.2, 0.25) is 10.0 Å². The van der Waals surface area contributed by atoms with Crippen molar-refractivity contribution >= 4 is 25.5 Å². The Morgan fingerprint density at radius 3 is 1.95 bits per heavy atom. The van der Waals surface area contributed by atoms with E-state index in [1.165, 1.54) is 0 Å². The summed E-state index contributed by atoms with van der Waals surface area (Å²) in [4.78, 5) is -0.543. The first-order valence-corrected chi connectivity index (χ1v) is 8.48. The van der Waals surface area contributed by atoms with Gasteiger partial charge < -0.3 is 0 Å². The normalized spacial score (nSPS) is 13.3. The van der Waals surface area contributed by atoms with Gasteiger partial charge in [0.25, 0.3) is 0 Å². The fraction of sp³-hybridized carbons (Fsp3) is 0.333. The number of anilines is 1. The summed E-state index contributed by atoms with van der Waals surface area (Å²) in [6.45, 7) is 0. The summed E-state index contributed by atoms with van der Waals surface area (Å²) in [6, 6.07) is 2.06. The molecule has 0 aromatic heterocycles. The zero-order chi connectivity index (χ0) is 15.1. The molecule has 0 fully saturated rings. The average Bonchev–Trinajstić information content (AvgIpc) is 2.11. The predicted octanol–water partition coefficient (Wildman–Crippen LogP) is 1.48. The molecule has 5 nitrogen and oxygen atoms in total. The maximum Gasteiger partial charge on any atom is 0.418 e. The van der Waals surface area contributed by atoms with Crippen LogP contribution in [-0.4, -0.2) is 29.3 Å². The summed E-state index contributed by atoms with van der Waals surface area (Å²) in [6.07, 6.45) is -3.43. The minimum atomic E-state index is -4.88.